The normalized spacial score (nSPS) is 10.7. The Morgan fingerprint density at radius 1 is 1.39 bits per heavy atom. The van der Waals surface area contributed by atoms with Crippen LogP contribution in [0.4, 0.5) is 10.1 Å². The second-order valence-corrected chi connectivity index (χ2v) is 3.92. The van der Waals surface area contributed by atoms with Crippen molar-refractivity contribution in [3.05, 3.63) is 29.6 Å². The zero-order valence-electron chi connectivity index (χ0n) is 10.7. The lowest BCUT2D eigenvalue weighted by Crippen LogP contribution is -2.29. The van der Waals surface area contributed by atoms with Crippen molar-refractivity contribution in [3.63, 3.8) is 0 Å². The first-order valence-corrected chi connectivity index (χ1v) is 6.08. The van der Waals surface area contributed by atoms with Crippen molar-refractivity contribution in [2.75, 3.05) is 31.5 Å². The molecule has 2 N–H and O–H groups in total. The monoisotopic (exact) mass is 254 g/mol. The van der Waals surface area contributed by atoms with E-state index in [4.69, 9.17) is 5.11 Å². The number of carboxylic acid groups (broad SMARTS) is 1. The van der Waals surface area contributed by atoms with Gasteiger partial charge in [0.25, 0.3) is 0 Å². The Hall–Kier alpha value is -1.62. The van der Waals surface area contributed by atoms with Gasteiger partial charge in [0.1, 0.15) is 5.82 Å². The van der Waals surface area contributed by atoms with Crippen molar-refractivity contribution >= 4 is 11.7 Å². The molecule has 0 spiro atoms. The molecule has 0 fully saturated rings. The predicted molar refractivity (Wildman–Crippen MR) is 69.6 cm³/mol. The van der Waals surface area contributed by atoms with Crippen LogP contribution >= 0.6 is 0 Å². The zero-order chi connectivity index (χ0) is 13.5. The van der Waals surface area contributed by atoms with Gasteiger partial charge in [-0.05, 0) is 25.2 Å². The summed E-state index contributed by atoms with van der Waals surface area (Å²) in [5, 5.41) is 11.8. The van der Waals surface area contributed by atoms with Gasteiger partial charge in [0, 0.05) is 13.1 Å². The molecule has 1 rings (SSSR count). The third-order valence-corrected chi connectivity index (χ3v) is 2.87. The molecule has 0 saturated carbocycles. The van der Waals surface area contributed by atoms with Gasteiger partial charge in [-0.3, -0.25) is 0 Å². The molecule has 100 valence electrons. The Bertz CT molecular complexity index is 406. The lowest BCUT2D eigenvalue weighted by Gasteiger charge is -2.19. The van der Waals surface area contributed by atoms with Crippen LogP contribution in [-0.2, 0) is 0 Å². The maximum absolute atomic E-state index is 13.6. The van der Waals surface area contributed by atoms with Gasteiger partial charge in [-0.15, -0.1) is 0 Å². The van der Waals surface area contributed by atoms with E-state index in [-0.39, 0.29) is 11.3 Å². The minimum atomic E-state index is -1.13. The summed E-state index contributed by atoms with van der Waals surface area (Å²) < 4.78 is 13.6. The molecule has 5 heteroatoms. The number of likely N-dealkylation sites (N-methyl/N-ethyl adjacent to an activating group) is 1. The van der Waals surface area contributed by atoms with Gasteiger partial charge in [-0.2, -0.15) is 0 Å². The van der Waals surface area contributed by atoms with Gasteiger partial charge in [0.05, 0.1) is 11.3 Å². The fourth-order valence-electron chi connectivity index (χ4n) is 1.76. The molecule has 0 atom stereocenters. The van der Waals surface area contributed by atoms with Crippen molar-refractivity contribution in [1.29, 1.82) is 0 Å². The summed E-state index contributed by atoms with van der Waals surface area (Å²) in [6.07, 6.45) is 0. The summed E-state index contributed by atoms with van der Waals surface area (Å²) in [5.41, 5.74) is 0.0340. The number of benzene rings is 1. The molecule has 0 unspecified atom stereocenters. The number of para-hydroxylation sites is 1. The third kappa shape index (κ3) is 3.70. The van der Waals surface area contributed by atoms with Gasteiger partial charge < -0.3 is 15.3 Å². The first-order valence-electron chi connectivity index (χ1n) is 6.08. The Labute approximate surface area is 106 Å². The van der Waals surface area contributed by atoms with Crippen LogP contribution in [0, 0.1) is 5.82 Å². The fourth-order valence-corrected chi connectivity index (χ4v) is 1.76. The molecule has 0 aliphatic rings. The number of carbonyl (C=O) groups is 1. The van der Waals surface area contributed by atoms with Gasteiger partial charge in [-0.1, -0.05) is 19.9 Å². The van der Waals surface area contributed by atoms with E-state index in [1.165, 1.54) is 18.2 Å². The lowest BCUT2D eigenvalue weighted by molar-refractivity contribution is 0.0697. The van der Waals surface area contributed by atoms with Gasteiger partial charge in [0.2, 0.25) is 0 Å². The molecule has 0 aliphatic heterocycles. The SMILES string of the molecule is CCN(CC)CCNc1c(F)cccc1C(=O)O. The summed E-state index contributed by atoms with van der Waals surface area (Å²) in [4.78, 5) is 13.1. The number of hydrogen-bond donors (Lipinski definition) is 2. The number of anilines is 1. The molecule has 0 saturated heterocycles. The number of hydrogen-bond acceptors (Lipinski definition) is 3. The molecule has 4 nitrogen and oxygen atoms in total. The molecule has 1 aromatic rings. The van der Waals surface area contributed by atoms with E-state index in [2.05, 4.69) is 24.1 Å². The van der Waals surface area contributed by atoms with E-state index in [9.17, 15) is 9.18 Å². The summed E-state index contributed by atoms with van der Waals surface area (Å²) in [6, 6.07) is 4.05. The second-order valence-electron chi connectivity index (χ2n) is 3.92. The highest BCUT2D eigenvalue weighted by Gasteiger charge is 2.13. The Morgan fingerprint density at radius 2 is 2.06 bits per heavy atom. The van der Waals surface area contributed by atoms with Crippen LogP contribution in [0.2, 0.25) is 0 Å². The number of nitrogens with zero attached hydrogens (tertiary/aromatic N) is 1. The molecule has 0 amide bonds. The molecule has 18 heavy (non-hydrogen) atoms. The van der Waals surface area contributed by atoms with E-state index in [1.807, 2.05) is 0 Å². The highest BCUT2D eigenvalue weighted by Crippen LogP contribution is 2.19. The largest absolute Gasteiger partial charge is 0.478 e. The van der Waals surface area contributed by atoms with Crippen LogP contribution in [0.5, 0.6) is 0 Å². The molecule has 0 aromatic heterocycles. The molecule has 0 bridgehead atoms. The first kappa shape index (κ1) is 14.4. The molecule has 0 radical (unpaired) electrons. The molecule has 1 aromatic carbocycles. The van der Waals surface area contributed by atoms with Crippen LogP contribution in [-0.4, -0.2) is 42.2 Å². The van der Waals surface area contributed by atoms with Crippen LogP contribution in [0.25, 0.3) is 0 Å². The zero-order valence-corrected chi connectivity index (χ0v) is 10.7. The highest BCUT2D eigenvalue weighted by molar-refractivity contribution is 5.94. The van der Waals surface area contributed by atoms with Crippen molar-refractivity contribution in [3.8, 4) is 0 Å². The van der Waals surface area contributed by atoms with E-state index in [0.29, 0.717) is 6.54 Å². The minimum absolute atomic E-state index is 0.0328. The smallest absolute Gasteiger partial charge is 0.337 e. The number of carboxylic acids is 1. The van der Waals surface area contributed by atoms with E-state index < -0.39 is 11.8 Å². The average molecular weight is 254 g/mol. The fraction of sp³-hybridized carbons (Fsp3) is 0.462. The Morgan fingerprint density at radius 3 is 2.61 bits per heavy atom. The van der Waals surface area contributed by atoms with E-state index in [0.717, 1.165) is 19.6 Å². The standard InChI is InChI=1S/C13H19FN2O2/c1-3-16(4-2)9-8-15-12-10(13(17)18)6-5-7-11(12)14/h5-7,15H,3-4,8-9H2,1-2H3,(H,17,18). The maximum Gasteiger partial charge on any atom is 0.337 e. The molecule has 0 aliphatic carbocycles. The predicted octanol–water partition coefficient (Wildman–Crippen LogP) is 2.28. The van der Waals surface area contributed by atoms with Crippen molar-refractivity contribution in [2.45, 2.75) is 13.8 Å². The topological polar surface area (TPSA) is 52.6 Å². The highest BCUT2D eigenvalue weighted by atomic mass is 19.1. The third-order valence-electron chi connectivity index (χ3n) is 2.87. The number of halogens is 1. The van der Waals surface area contributed by atoms with Gasteiger partial charge >= 0.3 is 5.97 Å². The number of rotatable bonds is 7. The van der Waals surface area contributed by atoms with Crippen molar-refractivity contribution < 1.29 is 14.3 Å². The summed E-state index contributed by atoms with van der Waals surface area (Å²) in [5.74, 6) is -1.66. The Balaban J connectivity index is 2.69. The van der Waals surface area contributed by atoms with Gasteiger partial charge in [-0.25, -0.2) is 9.18 Å². The van der Waals surface area contributed by atoms with Crippen molar-refractivity contribution in [1.82, 2.24) is 4.90 Å². The average Bonchev–Trinajstić information content (AvgIpc) is 2.36. The summed E-state index contributed by atoms with van der Waals surface area (Å²) in [6.45, 7) is 7.20. The number of nitrogens with one attached hydrogen (secondary N) is 1. The number of aromatic carboxylic acids is 1. The first-order chi connectivity index (χ1) is 8.60. The van der Waals surface area contributed by atoms with Gasteiger partial charge in [0.15, 0.2) is 0 Å². The maximum atomic E-state index is 13.6. The van der Waals surface area contributed by atoms with Crippen LogP contribution in [0.1, 0.15) is 24.2 Å². The van der Waals surface area contributed by atoms with E-state index >= 15 is 0 Å². The van der Waals surface area contributed by atoms with Crippen LogP contribution < -0.4 is 5.32 Å². The summed E-state index contributed by atoms with van der Waals surface area (Å²) >= 11 is 0. The Kier molecular flexibility index (Phi) is 5.58. The minimum Gasteiger partial charge on any atom is -0.478 e. The van der Waals surface area contributed by atoms with Crippen LogP contribution in [0.15, 0.2) is 18.2 Å². The quantitative estimate of drug-likeness (QED) is 0.783. The van der Waals surface area contributed by atoms with E-state index in [1.54, 1.807) is 0 Å². The van der Waals surface area contributed by atoms with Crippen LogP contribution in [0.3, 0.4) is 0 Å². The summed E-state index contributed by atoms with van der Waals surface area (Å²) in [7, 11) is 0. The molecular weight excluding hydrogens is 235 g/mol. The second kappa shape index (κ2) is 6.96. The lowest BCUT2D eigenvalue weighted by atomic mass is 10.1. The molecular formula is C13H19FN2O2. The van der Waals surface area contributed by atoms with Crippen molar-refractivity contribution in [2.24, 2.45) is 0 Å². The molecule has 0 heterocycles.